The number of amides is 1. The Balaban J connectivity index is 2.04. The van der Waals surface area contributed by atoms with Crippen molar-refractivity contribution in [2.24, 2.45) is 0 Å². The number of hydrogen-bond donors (Lipinski definition) is 2. The molecular weight excluding hydrogens is 396 g/mol. The molecule has 0 spiro atoms. The van der Waals surface area contributed by atoms with E-state index in [9.17, 15) is 18.0 Å². The number of carbonyl (C=O) groups is 2. The predicted molar refractivity (Wildman–Crippen MR) is 99.6 cm³/mol. The van der Waals surface area contributed by atoms with Crippen molar-refractivity contribution < 1.29 is 27.5 Å². The lowest BCUT2D eigenvalue weighted by Gasteiger charge is -2.09. The Morgan fingerprint density at radius 2 is 1.89 bits per heavy atom. The minimum absolute atomic E-state index is 0.00302. The SMILES string of the molecule is CNS(=O)(=O)c1ccc(Cl)c(C(=O)OCC(=O)Nc2cccc(OC)c2)c1. The average Bonchev–Trinajstić information content (AvgIpc) is 2.66. The van der Waals surface area contributed by atoms with Gasteiger partial charge in [-0.25, -0.2) is 17.9 Å². The number of anilines is 1. The number of halogens is 1. The summed E-state index contributed by atoms with van der Waals surface area (Å²) >= 11 is 5.93. The summed E-state index contributed by atoms with van der Waals surface area (Å²) in [4.78, 5) is 24.0. The van der Waals surface area contributed by atoms with Crippen molar-refractivity contribution in [2.45, 2.75) is 4.90 Å². The van der Waals surface area contributed by atoms with Gasteiger partial charge >= 0.3 is 5.97 Å². The highest BCUT2D eigenvalue weighted by molar-refractivity contribution is 7.89. The fourth-order valence-corrected chi connectivity index (χ4v) is 3.00. The number of carbonyl (C=O) groups excluding carboxylic acids is 2. The number of nitrogens with one attached hydrogen (secondary N) is 2. The van der Waals surface area contributed by atoms with Crippen LogP contribution < -0.4 is 14.8 Å². The van der Waals surface area contributed by atoms with Crippen molar-refractivity contribution in [3.05, 3.63) is 53.1 Å². The molecule has 8 nitrogen and oxygen atoms in total. The number of sulfonamides is 1. The number of hydrogen-bond acceptors (Lipinski definition) is 6. The molecule has 0 unspecified atom stereocenters. The van der Waals surface area contributed by atoms with E-state index in [2.05, 4.69) is 10.0 Å². The molecular formula is C17H17ClN2O6S. The zero-order valence-corrected chi connectivity index (χ0v) is 16.1. The molecule has 0 bridgehead atoms. The quantitative estimate of drug-likeness (QED) is 0.673. The fourth-order valence-electron chi connectivity index (χ4n) is 2.05. The van der Waals surface area contributed by atoms with Crippen LogP contribution in [0, 0.1) is 0 Å². The van der Waals surface area contributed by atoms with Crippen LogP contribution in [0.1, 0.15) is 10.4 Å². The predicted octanol–water partition coefficient (Wildman–Crippen LogP) is 2.05. The molecule has 10 heteroatoms. The topological polar surface area (TPSA) is 111 Å². The molecule has 0 fully saturated rings. The molecule has 2 N–H and O–H groups in total. The normalized spacial score (nSPS) is 10.9. The highest BCUT2D eigenvalue weighted by Crippen LogP contribution is 2.21. The van der Waals surface area contributed by atoms with E-state index < -0.39 is 28.5 Å². The van der Waals surface area contributed by atoms with Gasteiger partial charge in [0.25, 0.3) is 5.91 Å². The maximum absolute atomic E-state index is 12.2. The Morgan fingerprint density at radius 1 is 1.15 bits per heavy atom. The number of rotatable bonds is 7. The Hall–Kier alpha value is -2.62. The molecule has 144 valence electrons. The summed E-state index contributed by atoms with van der Waals surface area (Å²) in [5.74, 6) is -0.945. The summed E-state index contributed by atoms with van der Waals surface area (Å²) in [6.45, 7) is -0.574. The first-order valence-electron chi connectivity index (χ1n) is 7.61. The van der Waals surface area contributed by atoms with Crippen LogP contribution in [0.25, 0.3) is 0 Å². The van der Waals surface area contributed by atoms with E-state index in [4.69, 9.17) is 21.1 Å². The van der Waals surface area contributed by atoms with Crippen molar-refractivity contribution >= 4 is 39.2 Å². The molecule has 0 aliphatic carbocycles. The van der Waals surface area contributed by atoms with Crippen LogP contribution in [0.3, 0.4) is 0 Å². The molecule has 2 aromatic rings. The molecule has 0 aromatic heterocycles. The zero-order valence-electron chi connectivity index (χ0n) is 14.5. The van der Waals surface area contributed by atoms with Gasteiger partial charge in [-0.1, -0.05) is 17.7 Å². The number of esters is 1. The fraction of sp³-hybridized carbons (Fsp3) is 0.176. The molecule has 0 radical (unpaired) electrons. The Labute approximate surface area is 161 Å². The molecule has 0 atom stereocenters. The Kier molecular flexibility index (Phi) is 6.78. The molecule has 0 aliphatic rings. The van der Waals surface area contributed by atoms with Crippen LogP contribution >= 0.6 is 11.6 Å². The lowest BCUT2D eigenvalue weighted by atomic mass is 10.2. The lowest BCUT2D eigenvalue weighted by Crippen LogP contribution is -2.22. The molecule has 0 saturated heterocycles. The van der Waals surface area contributed by atoms with E-state index >= 15 is 0 Å². The largest absolute Gasteiger partial charge is 0.497 e. The smallest absolute Gasteiger partial charge is 0.340 e. The Bertz CT molecular complexity index is 962. The van der Waals surface area contributed by atoms with Gasteiger partial charge in [0.1, 0.15) is 5.75 Å². The molecule has 2 aromatic carbocycles. The first-order chi connectivity index (χ1) is 12.8. The standard InChI is InChI=1S/C17H17ClN2O6S/c1-19-27(23,24)13-6-7-15(18)14(9-13)17(22)26-10-16(21)20-11-4-3-5-12(8-11)25-2/h3-9,19H,10H2,1-2H3,(H,20,21). The van der Waals surface area contributed by atoms with E-state index in [0.717, 1.165) is 6.07 Å². The summed E-state index contributed by atoms with van der Waals surface area (Å²) in [6, 6.07) is 10.2. The maximum Gasteiger partial charge on any atom is 0.340 e. The van der Waals surface area contributed by atoms with Crippen LogP contribution in [0.2, 0.25) is 5.02 Å². The van der Waals surface area contributed by atoms with Crippen LogP contribution in [0.4, 0.5) is 5.69 Å². The highest BCUT2D eigenvalue weighted by atomic mass is 35.5. The summed E-state index contributed by atoms with van der Waals surface area (Å²) in [5, 5.41) is 2.55. The van der Waals surface area contributed by atoms with Gasteiger partial charge in [0.05, 0.1) is 22.6 Å². The van der Waals surface area contributed by atoms with Gasteiger partial charge in [-0.05, 0) is 37.4 Å². The van der Waals surface area contributed by atoms with Crippen molar-refractivity contribution in [2.75, 3.05) is 26.1 Å². The van der Waals surface area contributed by atoms with Crippen LogP contribution in [0.15, 0.2) is 47.4 Å². The molecule has 27 heavy (non-hydrogen) atoms. The lowest BCUT2D eigenvalue weighted by molar-refractivity contribution is -0.119. The van der Waals surface area contributed by atoms with Gasteiger partial charge < -0.3 is 14.8 Å². The van der Waals surface area contributed by atoms with E-state index in [0.29, 0.717) is 11.4 Å². The van der Waals surface area contributed by atoms with E-state index in [1.807, 2.05) is 0 Å². The van der Waals surface area contributed by atoms with E-state index in [1.54, 1.807) is 24.3 Å². The van der Waals surface area contributed by atoms with E-state index in [1.165, 1.54) is 26.3 Å². The van der Waals surface area contributed by atoms with E-state index in [-0.39, 0.29) is 15.5 Å². The third-order valence-electron chi connectivity index (χ3n) is 3.42. The minimum atomic E-state index is -3.76. The second kappa shape index (κ2) is 8.85. The van der Waals surface area contributed by atoms with Gasteiger partial charge in [-0.15, -0.1) is 0 Å². The first kappa shape index (κ1) is 20.7. The maximum atomic E-state index is 12.2. The van der Waals surface area contributed by atoms with Crippen molar-refractivity contribution in [3.8, 4) is 5.75 Å². The van der Waals surface area contributed by atoms with Gasteiger partial charge in [-0.3, -0.25) is 4.79 Å². The third kappa shape index (κ3) is 5.43. The van der Waals surface area contributed by atoms with Crippen LogP contribution in [0.5, 0.6) is 5.75 Å². The first-order valence-corrected chi connectivity index (χ1v) is 9.47. The molecule has 1 amide bonds. The van der Waals surface area contributed by atoms with Crippen LogP contribution in [-0.4, -0.2) is 41.1 Å². The monoisotopic (exact) mass is 412 g/mol. The van der Waals surface area contributed by atoms with Gasteiger partial charge in [0.15, 0.2) is 6.61 Å². The van der Waals surface area contributed by atoms with Crippen molar-refractivity contribution in [1.82, 2.24) is 4.72 Å². The summed E-state index contributed by atoms with van der Waals surface area (Å²) in [6.07, 6.45) is 0. The number of ether oxygens (including phenoxy) is 2. The third-order valence-corrected chi connectivity index (χ3v) is 5.17. The van der Waals surface area contributed by atoms with Gasteiger partial charge in [-0.2, -0.15) is 0 Å². The Morgan fingerprint density at radius 3 is 2.56 bits per heavy atom. The van der Waals surface area contributed by atoms with Crippen LogP contribution in [-0.2, 0) is 19.6 Å². The number of benzene rings is 2. The molecule has 0 heterocycles. The summed E-state index contributed by atoms with van der Waals surface area (Å²) in [7, 11) is -1.02. The molecule has 2 rings (SSSR count). The van der Waals surface area contributed by atoms with Crippen molar-refractivity contribution in [3.63, 3.8) is 0 Å². The molecule has 0 aliphatic heterocycles. The second-order valence-corrected chi connectivity index (χ2v) is 7.50. The minimum Gasteiger partial charge on any atom is -0.497 e. The second-order valence-electron chi connectivity index (χ2n) is 5.21. The number of methoxy groups -OCH3 is 1. The van der Waals surface area contributed by atoms with Gasteiger partial charge in [0.2, 0.25) is 10.0 Å². The highest BCUT2D eigenvalue weighted by Gasteiger charge is 2.19. The summed E-state index contributed by atoms with van der Waals surface area (Å²) in [5.41, 5.74) is 0.303. The zero-order chi connectivity index (χ0) is 20.0. The summed E-state index contributed by atoms with van der Waals surface area (Å²) < 4.78 is 35.8. The average molecular weight is 413 g/mol. The van der Waals surface area contributed by atoms with Crippen molar-refractivity contribution in [1.29, 1.82) is 0 Å². The van der Waals surface area contributed by atoms with Gasteiger partial charge in [0, 0.05) is 11.8 Å². The molecule has 0 saturated carbocycles.